The van der Waals surface area contributed by atoms with Crippen LogP contribution in [0.3, 0.4) is 0 Å². The van der Waals surface area contributed by atoms with Crippen molar-refractivity contribution in [2.24, 2.45) is 0 Å². The smallest absolute Gasteiger partial charge is 0.283 e. The number of hydrogen-bond acceptors (Lipinski definition) is 4. The Morgan fingerprint density at radius 3 is 2.00 bits per heavy atom. The second kappa shape index (κ2) is 7.87. The highest BCUT2D eigenvalue weighted by atomic mass is 35.5. The van der Waals surface area contributed by atoms with Gasteiger partial charge in [0.15, 0.2) is 4.75 Å². The monoisotopic (exact) mass is 492 g/mol. The number of halogens is 4. The molecule has 3 rings (SSSR count). The highest BCUT2D eigenvalue weighted by Crippen LogP contribution is 2.51. The summed E-state index contributed by atoms with van der Waals surface area (Å²) in [4.78, 5) is 0. The van der Waals surface area contributed by atoms with Gasteiger partial charge in [0.25, 0.3) is 10.1 Å². The van der Waals surface area contributed by atoms with Gasteiger partial charge in [-0.3, -0.25) is 4.55 Å². The van der Waals surface area contributed by atoms with Crippen LogP contribution in [0.4, 0.5) is 0 Å². The summed E-state index contributed by atoms with van der Waals surface area (Å²) in [5.74, 6) is -0.984. The average Bonchev–Trinajstić information content (AvgIpc) is 2.63. The Morgan fingerprint density at radius 2 is 1.41 bits per heavy atom. The van der Waals surface area contributed by atoms with Gasteiger partial charge in [-0.25, -0.2) is 0 Å². The molecule has 152 valence electrons. The maximum Gasteiger partial charge on any atom is 0.283 e. The number of phenolic OH excluding ortho intramolecular Hbond substituents is 2. The van der Waals surface area contributed by atoms with Crippen LogP contribution in [-0.4, -0.2) is 23.2 Å². The Morgan fingerprint density at radius 1 is 0.759 bits per heavy atom. The van der Waals surface area contributed by atoms with Crippen LogP contribution in [0.2, 0.25) is 20.1 Å². The van der Waals surface area contributed by atoms with Gasteiger partial charge in [-0.1, -0.05) is 64.6 Å². The molecule has 1 atom stereocenters. The van der Waals surface area contributed by atoms with E-state index in [1.807, 2.05) is 0 Å². The number of phenols is 2. The molecule has 0 bridgehead atoms. The molecular formula is C19H12Cl4O5S. The molecule has 0 aliphatic heterocycles. The van der Waals surface area contributed by atoms with Gasteiger partial charge in [-0.2, -0.15) is 8.42 Å². The summed E-state index contributed by atoms with van der Waals surface area (Å²) in [5.41, 5.74) is -0.601. The molecule has 0 heterocycles. The summed E-state index contributed by atoms with van der Waals surface area (Å²) >= 11 is 24.4. The molecule has 29 heavy (non-hydrogen) atoms. The van der Waals surface area contributed by atoms with Crippen molar-refractivity contribution in [2.45, 2.75) is 4.75 Å². The van der Waals surface area contributed by atoms with Crippen molar-refractivity contribution in [3.8, 4) is 11.5 Å². The SMILES string of the molecule is O=S(=O)(O)C(c1cc(O)c(Cl)c(Cl)c1)(c1ccccc1O)c1cc(Cl)ccc1Cl. The van der Waals surface area contributed by atoms with Crippen molar-refractivity contribution in [1.29, 1.82) is 0 Å². The molecule has 5 nitrogen and oxygen atoms in total. The van der Waals surface area contributed by atoms with Gasteiger partial charge < -0.3 is 10.2 Å². The van der Waals surface area contributed by atoms with Crippen LogP contribution in [0.1, 0.15) is 16.7 Å². The summed E-state index contributed by atoms with van der Waals surface area (Å²) in [7, 11) is -5.11. The molecule has 0 saturated heterocycles. The molecular weight excluding hydrogens is 482 g/mol. The van der Waals surface area contributed by atoms with Crippen molar-refractivity contribution in [3.05, 3.63) is 91.4 Å². The largest absolute Gasteiger partial charge is 0.508 e. The lowest BCUT2D eigenvalue weighted by Crippen LogP contribution is -2.38. The zero-order valence-electron chi connectivity index (χ0n) is 14.3. The molecule has 0 fully saturated rings. The first-order valence-corrected chi connectivity index (χ1v) is 10.8. The lowest BCUT2D eigenvalue weighted by molar-refractivity contribution is 0.439. The van der Waals surface area contributed by atoms with Gasteiger partial charge in [0.05, 0.1) is 5.02 Å². The van der Waals surface area contributed by atoms with E-state index in [0.29, 0.717) is 0 Å². The average molecular weight is 494 g/mol. The molecule has 3 aromatic rings. The summed E-state index contributed by atoms with van der Waals surface area (Å²) in [6.07, 6.45) is 0. The molecule has 0 aromatic heterocycles. The standard InChI is InChI=1S/C19H12Cl4O5S/c20-11-5-6-14(21)13(9-11)19(29(26,27)28,12-3-1-2-4-16(12)24)10-7-15(22)18(23)17(25)8-10/h1-9,24-25H,(H,26,27,28). The van der Waals surface area contributed by atoms with E-state index in [0.717, 1.165) is 12.1 Å². The molecule has 3 aromatic carbocycles. The zero-order chi connectivity index (χ0) is 21.6. The van der Waals surface area contributed by atoms with E-state index in [4.69, 9.17) is 46.4 Å². The fraction of sp³-hybridized carbons (Fsp3) is 0.0526. The lowest BCUT2D eigenvalue weighted by atomic mass is 9.83. The third kappa shape index (κ3) is 3.65. The van der Waals surface area contributed by atoms with E-state index in [1.54, 1.807) is 0 Å². The first-order valence-electron chi connectivity index (χ1n) is 7.89. The molecule has 0 spiro atoms. The second-order valence-corrected chi connectivity index (χ2v) is 9.28. The van der Waals surface area contributed by atoms with Crippen molar-refractivity contribution < 1.29 is 23.2 Å². The van der Waals surface area contributed by atoms with Gasteiger partial charge in [-0.05, 0) is 42.0 Å². The minimum absolute atomic E-state index is 0.0687. The summed E-state index contributed by atoms with van der Waals surface area (Å²) in [6, 6.07) is 11.7. The zero-order valence-corrected chi connectivity index (χ0v) is 18.1. The highest BCUT2D eigenvalue weighted by molar-refractivity contribution is 7.87. The Kier molecular flexibility index (Phi) is 5.98. The minimum atomic E-state index is -5.11. The fourth-order valence-corrected chi connectivity index (χ4v) is 5.32. The van der Waals surface area contributed by atoms with Crippen LogP contribution in [0.5, 0.6) is 11.5 Å². The molecule has 3 N–H and O–H groups in total. The molecule has 0 radical (unpaired) electrons. The summed E-state index contributed by atoms with van der Waals surface area (Å²) < 4.78 is 33.9. The van der Waals surface area contributed by atoms with Gasteiger partial charge >= 0.3 is 0 Å². The normalized spacial score (nSPS) is 13.8. The van der Waals surface area contributed by atoms with Gasteiger partial charge in [0, 0.05) is 21.2 Å². The predicted octanol–water partition coefficient (Wildman–Crippen LogP) is 5.89. The lowest BCUT2D eigenvalue weighted by Gasteiger charge is -2.34. The molecule has 0 aliphatic carbocycles. The number of hydrogen-bond donors (Lipinski definition) is 3. The highest BCUT2D eigenvalue weighted by Gasteiger charge is 2.51. The van der Waals surface area contributed by atoms with Crippen molar-refractivity contribution >= 4 is 56.5 Å². The molecule has 10 heteroatoms. The van der Waals surface area contributed by atoms with E-state index in [2.05, 4.69) is 0 Å². The van der Waals surface area contributed by atoms with Crippen LogP contribution in [0.25, 0.3) is 0 Å². The van der Waals surface area contributed by atoms with Crippen molar-refractivity contribution in [2.75, 3.05) is 0 Å². The number of para-hydroxylation sites is 1. The maximum atomic E-state index is 13.0. The van der Waals surface area contributed by atoms with Crippen LogP contribution in [-0.2, 0) is 14.9 Å². The maximum absolute atomic E-state index is 13.0. The van der Waals surface area contributed by atoms with Crippen LogP contribution in [0.15, 0.2) is 54.6 Å². The second-order valence-electron chi connectivity index (χ2n) is 6.09. The number of aromatic hydroxyl groups is 2. The van der Waals surface area contributed by atoms with Gasteiger partial charge in [0.2, 0.25) is 0 Å². The number of rotatable bonds is 4. The van der Waals surface area contributed by atoms with E-state index >= 15 is 0 Å². The third-order valence-electron chi connectivity index (χ3n) is 4.39. The summed E-state index contributed by atoms with van der Waals surface area (Å²) in [5, 5.41) is 20.4. The minimum Gasteiger partial charge on any atom is -0.508 e. The quantitative estimate of drug-likeness (QED) is 0.311. The van der Waals surface area contributed by atoms with E-state index in [9.17, 15) is 23.2 Å². The van der Waals surface area contributed by atoms with Crippen LogP contribution >= 0.6 is 46.4 Å². The first kappa shape index (κ1) is 22.0. The topological polar surface area (TPSA) is 94.8 Å². The number of benzene rings is 3. The molecule has 0 aliphatic rings. The Balaban J connectivity index is 2.63. The Labute approximate surface area is 186 Å². The molecule has 0 amide bonds. The summed E-state index contributed by atoms with van der Waals surface area (Å²) in [6.45, 7) is 0. The van der Waals surface area contributed by atoms with Crippen LogP contribution in [0, 0.1) is 0 Å². The molecule has 1 unspecified atom stereocenters. The Hall–Kier alpha value is -1.67. The van der Waals surface area contributed by atoms with Gasteiger partial charge in [-0.15, -0.1) is 0 Å². The van der Waals surface area contributed by atoms with Crippen molar-refractivity contribution in [1.82, 2.24) is 0 Å². The fourth-order valence-electron chi connectivity index (χ4n) is 3.20. The van der Waals surface area contributed by atoms with E-state index < -0.39 is 26.4 Å². The first-order chi connectivity index (χ1) is 13.5. The van der Waals surface area contributed by atoms with Gasteiger partial charge in [0.1, 0.15) is 16.5 Å². The molecule has 0 saturated carbocycles. The Bertz CT molecular complexity index is 1190. The van der Waals surface area contributed by atoms with E-state index in [1.165, 1.54) is 42.5 Å². The van der Waals surface area contributed by atoms with Crippen molar-refractivity contribution in [3.63, 3.8) is 0 Å². The third-order valence-corrected chi connectivity index (χ3v) is 7.20. The van der Waals surface area contributed by atoms with E-state index in [-0.39, 0.29) is 36.8 Å². The predicted molar refractivity (Wildman–Crippen MR) is 114 cm³/mol. The van der Waals surface area contributed by atoms with Crippen LogP contribution < -0.4 is 0 Å².